The molecule has 2 aromatic carbocycles. The molecular formula is C16H18BrN3O3S. The highest BCUT2D eigenvalue weighted by Gasteiger charge is 2.11. The molecule has 0 amide bonds. The minimum atomic E-state index is -3.68. The Morgan fingerprint density at radius 1 is 1.17 bits per heavy atom. The van der Waals surface area contributed by atoms with Gasteiger partial charge >= 0.3 is 0 Å². The van der Waals surface area contributed by atoms with Gasteiger partial charge in [-0.3, -0.25) is 0 Å². The molecule has 0 atom stereocenters. The molecule has 0 saturated carbocycles. The van der Waals surface area contributed by atoms with Crippen molar-refractivity contribution in [3.63, 3.8) is 0 Å². The summed E-state index contributed by atoms with van der Waals surface area (Å²) in [4.78, 5) is 4.24. The molecule has 0 unspecified atom stereocenters. The Morgan fingerprint density at radius 3 is 2.38 bits per heavy atom. The van der Waals surface area contributed by atoms with Crippen LogP contribution in [0.1, 0.15) is 5.56 Å². The maximum absolute atomic E-state index is 12.1. The normalized spacial score (nSPS) is 11.6. The Bertz CT molecular complexity index is 790. The maximum atomic E-state index is 12.1. The molecule has 0 aliphatic rings. The van der Waals surface area contributed by atoms with Crippen LogP contribution >= 0.6 is 15.9 Å². The second-order valence-electron chi connectivity index (χ2n) is 5.04. The second-order valence-corrected chi connectivity index (χ2v) is 7.62. The highest BCUT2D eigenvalue weighted by atomic mass is 79.9. The molecule has 2 aromatic rings. The summed E-state index contributed by atoms with van der Waals surface area (Å²) in [7, 11) is -1.80. The lowest BCUT2D eigenvalue weighted by molar-refractivity contribution is 0.304. The first-order valence-corrected chi connectivity index (χ1v) is 9.42. The van der Waals surface area contributed by atoms with Gasteiger partial charge in [0.05, 0.1) is 17.7 Å². The molecule has 0 fully saturated rings. The van der Waals surface area contributed by atoms with Crippen LogP contribution in [0, 0.1) is 0 Å². The number of nitrogens with zero attached hydrogens (tertiary/aromatic N) is 2. The lowest BCUT2D eigenvalue weighted by atomic mass is 10.2. The van der Waals surface area contributed by atoms with E-state index < -0.39 is 10.0 Å². The van der Waals surface area contributed by atoms with Crippen molar-refractivity contribution >= 4 is 37.9 Å². The van der Waals surface area contributed by atoms with Gasteiger partial charge in [-0.05, 0) is 42.0 Å². The molecule has 2 rings (SSSR count). The average molecular weight is 412 g/mol. The highest BCUT2D eigenvalue weighted by molar-refractivity contribution is 9.10. The minimum Gasteiger partial charge on any atom is -0.395 e. The zero-order chi connectivity index (χ0) is 17.6. The van der Waals surface area contributed by atoms with Crippen LogP contribution < -0.4 is 9.73 Å². The number of hydrogen-bond acceptors (Lipinski definition) is 5. The number of aliphatic hydroxyl groups excluding tert-OH is 1. The minimum absolute atomic E-state index is 0.0809. The quantitative estimate of drug-likeness (QED) is 0.540. The third-order valence-corrected chi connectivity index (χ3v) is 5.05. The van der Waals surface area contributed by atoms with Crippen LogP contribution in [0.2, 0.25) is 0 Å². The topological polar surface area (TPSA) is 82.0 Å². The number of hydrazone groups is 1. The second kappa shape index (κ2) is 8.27. The van der Waals surface area contributed by atoms with Crippen molar-refractivity contribution in [3.05, 3.63) is 58.6 Å². The molecule has 6 nitrogen and oxygen atoms in total. The Kier molecular flexibility index (Phi) is 6.36. The summed E-state index contributed by atoms with van der Waals surface area (Å²) in [5.41, 5.74) is 1.71. The van der Waals surface area contributed by atoms with Crippen molar-refractivity contribution in [2.24, 2.45) is 5.10 Å². The lowest BCUT2D eigenvalue weighted by Crippen LogP contribution is -2.21. The Balaban J connectivity index is 2.02. The fourth-order valence-electron chi connectivity index (χ4n) is 1.93. The van der Waals surface area contributed by atoms with E-state index in [2.05, 4.69) is 25.9 Å². The van der Waals surface area contributed by atoms with Crippen LogP contribution in [0.25, 0.3) is 0 Å². The zero-order valence-electron chi connectivity index (χ0n) is 13.1. The number of nitrogens with one attached hydrogen (secondary N) is 1. The molecular weight excluding hydrogens is 394 g/mol. The van der Waals surface area contributed by atoms with Crippen molar-refractivity contribution in [2.45, 2.75) is 4.90 Å². The SMILES string of the molecule is CN(CCO)c1ccc(C=NNS(=O)(=O)c2ccc(Br)cc2)cc1. The Labute approximate surface area is 150 Å². The number of rotatable bonds is 7. The van der Waals surface area contributed by atoms with Crippen molar-refractivity contribution in [1.82, 2.24) is 4.83 Å². The fourth-order valence-corrected chi connectivity index (χ4v) is 2.99. The van der Waals surface area contributed by atoms with E-state index in [0.29, 0.717) is 6.54 Å². The van der Waals surface area contributed by atoms with E-state index >= 15 is 0 Å². The molecule has 0 saturated heterocycles. The molecule has 8 heteroatoms. The number of likely N-dealkylation sites (N-methyl/N-ethyl adjacent to an activating group) is 1. The van der Waals surface area contributed by atoms with Gasteiger partial charge in [-0.2, -0.15) is 13.5 Å². The molecule has 24 heavy (non-hydrogen) atoms. The summed E-state index contributed by atoms with van der Waals surface area (Å²) in [5.74, 6) is 0. The first-order valence-electron chi connectivity index (χ1n) is 7.15. The van der Waals surface area contributed by atoms with E-state index in [0.717, 1.165) is 15.7 Å². The van der Waals surface area contributed by atoms with Crippen LogP contribution in [0.4, 0.5) is 5.69 Å². The van der Waals surface area contributed by atoms with Crippen LogP contribution in [0.15, 0.2) is 63.0 Å². The average Bonchev–Trinajstić information content (AvgIpc) is 2.56. The number of benzene rings is 2. The summed E-state index contributed by atoms with van der Waals surface area (Å²) < 4.78 is 25.0. The molecule has 2 N–H and O–H groups in total. The summed E-state index contributed by atoms with van der Waals surface area (Å²) in [6.07, 6.45) is 1.44. The van der Waals surface area contributed by atoms with Gasteiger partial charge in [-0.15, -0.1) is 0 Å². The van der Waals surface area contributed by atoms with Crippen LogP contribution in [-0.4, -0.2) is 39.9 Å². The smallest absolute Gasteiger partial charge is 0.276 e. The van der Waals surface area contributed by atoms with Crippen molar-refractivity contribution in [2.75, 3.05) is 25.1 Å². The number of sulfonamides is 1. The molecule has 128 valence electrons. The predicted molar refractivity (Wildman–Crippen MR) is 98.9 cm³/mol. The van der Waals surface area contributed by atoms with E-state index in [1.165, 1.54) is 18.3 Å². The predicted octanol–water partition coefficient (Wildman–Crippen LogP) is 2.19. The standard InChI is InChI=1S/C16H18BrN3O3S/c1-20(10-11-21)15-6-2-13(3-7-15)12-18-19-24(22,23)16-8-4-14(17)5-9-16/h2-9,12,19,21H,10-11H2,1H3. The molecule has 0 aliphatic carbocycles. The van der Waals surface area contributed by atoms with E-state index in [1.54, 1.807) is 12.1 Å². The molecule has 0 aliphatic heterocycles. The van der Waals surface area contributed by atoms with Crippen molar-refractivity contribution < 1.29 is 13.5 Å². The summed E-state index contributed by atoms with van der Waals surface area (Å²) in [6.45, 7) is 0.623. The van der Waals surface area contributed by atoms with Crippen LogP contribution in [0.5, 0.6) is 0 Å². The Morgan fingerprint density at radius 2 is 1.79 bits per heavy atom. The zero-order valence-corrected chi connectivity index (χ0v) is 15.5. The number of halogens is 1. The third-order valence-electron chi connectivity index (χ3n) is 3.28. The van der Waals surface area contributed by atoms with E-state index in [-0.39, 0.29) is 11.5 Å². The van der Waals surface area contributed by atoms with Gasteiger partial charge in [-0.25, -0.2) is 4.83 Å². The van der Waals surface area contributed by atoms with Gasteiger partial charge in [0.1, 0.15) is 0 Å². The summed E-state index contributed by atoms with van der Waals surface area (Å²) in [6, 6.07) is 13.7. The van der Waals surface area contributed by atoms with Gasteiger partial charge in [0, 0.05) is 23.8 Å². The molecule has 0 spiro atoms. The van der Waals surface area contributed by atoms with E-state index in [4.69, 9.17) is 5.11 Å². The monoisotopic (exact) mass is 411 g/mol. The largest absolute Gasteiger partial charge is 0.395 e. The first kappa shape index (κ1) is 18.4. The fraction of sp³-hybridized carbons (Fsp3) is 0.188. The van der Waals surface area contributed by atoms with E-state index in [1.807, 2.05) is 36.2 Å². The van der Waals surface area contributed by atoms with Crippen molar-refractivity contribution in [3.8, 4) is 0 Å². The number of aliphatic hydroxyl groups is 1. The Hall–Kier alpha value is -1.90. The van der Waals surface area contributed by atoms with Crippen molar-refractivity contribution in [1.29, 1.82) is 0 Å². The molecule has 0 heterocycles. The highest BCUT2D eigenvalue weighted by Crippen LogP contribution is 2.15. The number of anilines is 1. The lowest BCUT2D eigenvalue weighted by Gasteiger charge is -2.17. The molecule has 0 radical (unpaired) electrons. The van der Waals surface area contributed by atoms with Gasteiger partial charge in [-0.1, -0.05) is 28.1 Å². The van der Waals surface area contributed by atoms with Gasteiger partial charge < -0.3 is 10.0 Å². The molecule has 0 bridgehead atoms. The number of hydrogen-bond donors (Lipinski definition) is 2. The van der Waals surface area contributed by atoms with Crippen LogP contribution in [-0.2, 0) is 10.0 Å². The van der Waals surface area contributed by atoms with E-state index in [9.17, 15) is 8.42 Å². The summed E-state index contributed by atoms with van der Waals surface area (Å²) >= 11 is 3.26. The van der Waals surface area contributed by atoms with Gasteiger partial charge in [0.15, 0.2) is 0 Å². The van der Waals surface area contributed by atoms with Gasteiger partial charge in [0.25, 0.3) is 10.0 Å². The maximum Gasteiger partial charge on any atom is 0.276 e. The van der Waals surface area contributed by atoms with Gasteiger partial charge in [0.2, 0.25) is 0 Å². The molecule has 0 aromatic heterocycles. The van der Waals surface area contributed by atoms with Crippen LogP contribution in [0.3, 0.4) is 0 Å². The summed E-state index contributed by atoms with van der Waals surface area (Å²) in [5, 5.41) is 12.7. The first-order chi connectivity index (χ1) is 11.4. The third kappa shape index (κ3) is 5.05.